The largest absolute Gasteiger partial charge is 0.493 e. The number of nitrogens with one attached hydrogen (secondary N) is 1. The summed E-state index contributed by atoms with van der Waals surface area (Å²) in [6, 6.07) is 4.82. The molecular formula is C14H21BrFNO. The fourth-order valence-electron chi connectivity index (χ4n) is 1.45. The molecule has 1 aromatic rings. The van der Waals surface area contributed by atoms with Crippen LogP contribution in [0.2, 0.25) is 0 Å². The molecule has 0 fully saturated rings. The summed E-state index contributed by atoms with van der Waals surface area (Å²) in [4.78, 5) is 0. The second kappa shape index (κ2) is 7.10. The Morgan fingerprint density at radius 3 is 2.61 bits per heavy atom. The van der Waals surface area contributed by atoms with Gasteiger partial charge in [-0.3, -0.25) is 0 Å². The van der Waals surface area contributed by atoms with Crippen molar-refractivity contribution in [3.8, 4) is 5.75 Å². The molecule has 0 heterocycles. The highest BCUT2D eigenvalue weighted by atomic mass is 79.9. The second-order valence-electron chi connectivity index (χ2n) is 5.31. The molecule has 0 atom stereocenters. The fourth-order valence-corrected chi connectivity index (χ4v) is 1.69. The third-order valence-corrected chi connectivity index (χ3v) is 3.03. The van der Waals surface area contributed by atoms with Crippen LogP contribution < -0.4 is 10.1 Å². The Morgan fingerprint density at radius 2 is 2.00 bits per heavy atom. The van der Waals surface area contributed by atoms with Crippen LogP contribution >= 0.6 is 15.9 Å². The van der Waals surface area contributed by atoms with Crippen molar-refractivity contribution in [1.29, 1.82) is 0 Å². The maximum absolute atomic E-state index is 13.2. The molecule has 0 aliphatic heterocycles. The molecule has 0 amide bonds. The average Bonchev–Trinajstić information content (AvgIpc) is 2.26. The van der Waals surface area contributed by atoms with Crippen LogP contribution in [0.3, 0.4) is 0 Å². The zero-order valence-electron chi connectivity index (χ0n) is 11.2. The summed E-state index contributed by atoms with van der Waals surface area (Å²) in [5, 5.41) is 3.42. The van der Waals surface area contributed by atoms with E-state index in [1.54, 1.807) is 12.1 Å². The highest BCUT2D eigenvalue weighted by Gasteiger charge is 2.07. The first kappa shape index (κ1) is 15.4. The Balaban J connectivity index is 2.16. The topological polar surface area (TPSA) is 21.3 Å². The van der Waals surface area contributed by atoms with Crippen molar-refractivity contribution >= 4 is 15.9 Å². The predicted molar refractivity (Wildman–Crippen MR) is 76.6 cm³/mol. The van der Waals surface area contributed by atoms with Crippen LogP contribution in [-0.2, 0) is 0 Å². The van der Waals surface area contributed by atoms with Gasteiger partial charge >= 0.3 is 0 Å². The molecule has 0 saturated carbocycles. The molecule has 18 heavy (non-hydrogen) atoms. The molecule has 1 rings (SSSR count). The third kappa shape index (κ3) is 6.36. The first-order valence-corrected chi connectivity index (χ1v) is 7.01. The zero-order valence-corrected chi connectivity index (χ0v) is 12.8. The molecule has 0 saturated heterocycles. The Hall–Kier alpha value is -0.610. The van der Waals surface area contributed by atoms with Gasteiger partial charge in [-0.25, -0.2) is 4.39 Å². The fraction of sp³-hybridized carbons (Fsp3) is 0.571. The summed E-state index contributed by atoms with van der Waals surface area (Å²) in [6.45, 7) is 8.03. The van der Waals surface area contributed by atoms with Crippen molar-refractivity contribution in [2.45, 2.75) is 39.2 Å². The Kier molecular flexibility index (Phi) is 6.09. The summed E-state index contributed by atoms with van der Waals surface area (Å²) >= 11 is 3.11. The molecule has 0 spiro atoms. The van der Waals surface area contributed by atoms with Crippen LogP contribution in [0.5, 0.6) is 5.75 Å². The summed E-state index contributed by atoms with van der Waals surface area (Å²) in [5.41, 5.74) is 0.162. The molecule has 0 aliphatic carbocycles. The van der Waals surface area contributed by atoms with Gasteiger partial charge in [-0.05, 0) is 68.2 Å². The van der Waals surface area contributed by atoms with E-state index in [0.717, 1.165) is 19.4 Å². The van der Waals surface area contributed by atoms with Gasteiger partial charge in [0.1, 0.15) is 11.6 Å². The Labute approximate surface area is 117 Å². The van der Waals surface area contributed by atoms with Crippen molar-refractivity contribution < 1.29 is 9.13 Å². The lowest BCUT2D eigenvalue weighted by Crippen LogP contribution is -2.36. The summed E-state index contributed by atoms with van der Waals surface area (Å²) < 4.78 is 19.2. The van der Waals surface area contributed by atoms with Gasteiger partial charge in [0.05, 0.1) is 11.1 Å². The number of halogens is 2. The quantitative estimate of drug-likeness (QED) is 0.796. The number of hydrogen-bond donors (Lipinski definition) is 1. The number of ether oxygens (including phenoxy) is 1. The SMILES string of the molecule is CC(C)(C)NCCCCOc1ccc(Br)c(F)c1. The van der Waals surface area contributed by atoms with Crippen LogP contribution in [0.1, 0.15) is 33.6 Å². The summed E-state index contributed by atoms with van der Waals surface area (Å²) in [7, 11) is 0. The molecule has 0 aromatic heterocycles. The molecule has 0 bridgehead atoms. The van der Waals surface area contributed by atoms with E-state index in [2.05, 4.69) is 42.0 Å². The molecular weight excluding hydrogens is 297 g/mol. The van der Waals surface area contributed by atoms with Gasteiger partial charge in [0.2, 0.25) is 0 Å². The monoisotopic (exact) mass is 317 g/mol. The van der Waals surface area contributed by atoms with E-state index in [1.165, 1.54) is 6.07 Å². The standard InChI is InChI=1S/C14H21BrFNO/c1-14(2,3)17-8-4-5-9-18-11-6-7-12(15)13(16)10-11/h6-7,10,17H,4-5,8-9H2,1-3H3. The van der Waals surface area contributed by atoms with E-state index in [1.807, 2.05) is 0 Å². The zero-order chi connectivity index (χ0) is 13.6. The lowest BCUT2D eigenvalue weighted by molar-refractivity contribution is 0.300. The maximum atomic E-state index is 13.2. The van der Waals surface area contributed by atoms with Crippen LogP contribution in [0.25, 0.3) is 0 Å². The average molecular weight is 318 g/mol. The van der Waals surface area contributed by atoms with Gasteiger partial charge in [0.25, 0.3) is 0 Å². The second-order valence-corrected chi connectivity index (χ2v) is 6.16. The minimum Gasteiger partial charge on any atom is -0.493 e. The molecule has 2 nitrogen and oxygen atoms in total. The van der Waals surface area contributed by atoms with Gasteiger partial charge in [0, 0.05) is 11.6 Å². The van der Waals surface area contributed by atoms with E-state index < -0.39 is 0 Å². The number of hydrogen-bond acceptors (Lipinski definition) is 2. The van der Waals surface area contributed by atoms with Crippen LogP contribution in [0.15, 0.2) is 22.7 Å². The van der Waals surface area contributed by atoms with Crippen molar-refractivity contribution in [3.05, 3.63) is 28.5 Å². The molecule has 1 N–H and O–H groups in total. The molecule has 4 heteroatoms. The molecule has 0 unspecified atom stereocenters. The van der Waals surface area contributed by atoms with E-state index >= 15 is 0 Å². The molecule has 102 valence electrons. The van der Waals surface area contributed by atoms with Crippen LogP contribution in [-0.4, -0.2) is 18.7 Å². The van der Waals surface area contributed by atoms with Crippen molar-refractivity contribution in [3.63, 3.8) is 0 Å². The first-order chi connectivity index (χ1) is 8.38. The van der Waals surface area contributed by atoms with Gasteiger partial charge in [-0.1, -0.05) is 0 Å². The smallest absolute Gasteiger partial charge is 0.141 e. The van der Waals surface area contributed by atoms with Crippen molar-refractivity contribution in [1.82, 2.24) is 5.32 Å². The Morgan fingerprint density at radius 1 is 1.28 bits per heavy atom. The van der Waals surface area contributed by atoms with Crippen LogP contribution in [0.4, 0.5) is 4.39 Å². The Bertz CT molecular complexity index is 377. The molecule has 0 radical (unpaired) electrons. The number of rotatable bonds is 6. The van der Waals surface area contributed by atoms with E-state index in [-0.39, 0.29) is 11.4 Å². The predicted octanol–water partition coefficient (Wildman–Crippen LogP) is 4.14. The van der Waals surface area contributed by atoms with Crippen molar-refractivity contribution in [2.24, 2.45) is 0 Å². The van der Waals surface area contributed by atoms with E-state index in [9.17, 15) is 4.39 Å². The van der Waals surface area contributed by atoms with Gasteiger partial charge in [0.15, 0.2) is 0 Å². The molecule has 1 aromatic carbocycles. The summed E-state index contributed by atoms with van der Waals surface area (Å²) in [5.74, 6) is 0.293. The lowest BCUT2D eigenvalue weighted by Gasteiger charge is -2.20. The van der Waals surface area contributed by atoms with Gasteiger partial charge < -0.3 is 10.1 Å². The maximum Gasteiger partial charge on any atom is 0.141 e. The minimum atomic E-state index is -0.290. The highest BCUT2D eigenvalue weighted by molar-refractivity contribution is 9.10. The number of unbranched alkanes of at least 4 members (excludes halogenated alkanes) is 1. The highest BCUT2D eigenvalue weighted by Crippen LogP contribution is 2.20. The van der Waals surface area contributed by atoms with Gasteiger partial charge in [-0.2, -0.15) is 0 Å². The van der Waals surface area contributed by atoms with Gasteiger partial charge in [-0.15, -0.1) is 0 Å². The summed E-state index contributed by atoms with van der Waals surface area (Å²) in [6.07, 6.45) is 2.01. The molecule has 0 aliphatic rings. The number of benzene rings is 1. The van der Waals surface area contributed by atoms with Crippen LogP contribution in [0, 0.1) is 5.82 Å². The first-order valence-electron chi connectivity index (χ1n) is 6.21. The van der Waals surface area contributed by atoms with E-state index in [0.29, 0.717) is 16.8 Å². The minimum absolute atomic E-state index is 0.162. The third-order valence-electron chi connectivity index (χ3n) is 2.39. The normalized spacial score (nSPS) is 11.6. The van der Waals surface area contributed by atoms with E-state index in [4.69, 9.17) is 4.74 Å². The lowest BCUT2D eigenvalue weighted by atomic mass is 10.1. The van der Waals surface area contributed by atoms with Crippen molar-refractivity contribution in [2.75, 3.05) is 13.2 Å².